The van der Waals surface area contributed by atoms with Crippen LogP contribution >= 0.6 is 11.6 Å². The molecule has 6 heteroatoms. The van der Waals surface area contributed by atoms with Crippen LogP contribution in [0.2, 0.25) is 5.02 Å². The molecule has 2 aliphatic heterocycles. The molecule has 1 N–H and O–H groups in total. The number of rotatable bonds is 4. The number of amides is 1. The summed E-state index contributed by atoms with van der Waals surface area (Å²) in [6.45, 7) is 3.58. The molecule has 0 unspecified atom stereocenters. The first-order valence-corrected chi connectivity index (χ1v) is 9.05. The lowest BCUT2D eigenvalue weighted by Crippen LogP contribution is -2.48. The highest BCUT2D eigenvalue weighted by Gasteiger charge is 2.30. The Morgan fingerprint density at radius 1 is 1.33 bits per heavy atom. The van der Waals surface area contributed by atoms with Crippen molar-refractivity contribution in [2.24, 2.45) is 5.92 Å². The molecule has 132 valence electrons. The normalized spacial score (nSPS) is 23.2. The molecule has 1 aromatic rings. The molecule has 2 saturated heterocycles. The van der Waals surface area contributed by atoms with Gasteiger partial charge in [-0.15, -0.1) is 0 Å². The average molecular weight is 355 g/mol. The van der Waals surface area contributed by atoms with Crippen molar-refractivity contribution in [3.05, 3.63) is 34.6 Å². The highest BCUT2D eigenvalue weighted by molar-refractivity contribution is 6.31. The van der Waals surface area contributed by atoms with E-state index in [9.17, 15) is 9.18 Å². The summed E-state index contributed by atoms with van der Waals surface area (Å²) in [7, 11) is 0. The van der Waals surface area contributed by atoms with Gasteiger partial charge < -0.3 is 10.1 Å². The third-order valence-corrected chi connectivity index (χ3v) is 5.39. The second-order valence-electron chi connectivity index (χ2n) is 6.60. The quantitative estimate of drug-likeness (QED) is 0.903. The summed E-state index contributed by atoms with van der Waals surface area (Å²) in [6, 6.07) is 5.09. The van der Waals surface area contributed by atoms with Crippen molar-refractivity contribution in [2.75, 3.05) is 26.3 Å². The molecular weight excluding hydrogens is 331 g/mol. The van der Waals surface area contributed by atoms with Crippen molar-refractivity contribution < 1.29 is 13.9 Å². The average Bonchev–Trinajstić information content (AvgIpc) is 2.62. The van der Waals surface area contributed by atoms with Crippen LogP contribution in [0.5, 0.6) is 0 Å². The van der Waals surface area contributed by atoms with Gasteiger partial charge in [-0.3, -0.25) is 9.69 Å². The summed E-state index contributed by atoms with van der Waals surface area (Å²) in [5.41, 5.74) is 0.351. The summed E-state index contributed by atoms with van der Waals surface area (Å²) in [6.07, 6.45) is 3.99. The molecule has 3 rings (SSSR count). The Balaban J connectivity index is 1.54. The van der Waals surface area contributed by atoms with Gasteiger partial charge in [-0.1, -0.05) is 17.7 Å². The lowest BCUT2D eigenvalue weighted by molar-refractivity contribution is -0.127. The Labute approximate surface area is 147 Å². The fraction of sp³-hybridized carbons (Fsp3) is 0.611. The van der Waals surface area contributed by atoms with Crippen molar-refractivity contribution in [3.8, 4) is 0 Å². The molecule has 0 radical (unpaired) electrons. The number of hydrogen-bond donors (Lipinski definition) is 1. The Kier molecular flexibility index (Phi) is 6.09. The van der Waals surface area contributed by atoms with E-state index in [1.54, 1.807) is 12.1 Å². The predicted octanol–water partition coefficient (Wildman–Crippen LogP) is 2.99. The van der Waals surface area contributed by atoms with Crippen LogP contribution in [-0.4, -0.2) is 43.2 Å². The van der Waals surface area contributed by atoms with Gasteiger partial charge >= 0.3 is 0 Å². The molecule has 4 nitrogen and oxygen atoms in total. The molecule has 0 bridgehead atoms. The van der Waals surface area contributed by atoms with Crippen LogP contribution < -0.4 is 5.32 Å². The van der Waals surface area contributed by atoms with Gasteiger partial charge in [-0.2, -0.15) is 0 Å². The van der Waals surface area contributed by atoms with Crippen LogP contribution in [0.4, 0.5) is 4.39 Å². The monoisotopic (exact) mass is 354 g/mol. The zero-order valence-corrected chi connectivity index (χ0v) is 14.5. The number of nitrogens with one attached hydrogen (secondary N) is 1. The number of piperidine rings is 1. The van der Waals surface area contributed by atoms with Crippen LogP contribution in [-0.2, 0) is 16.1 Å². The summed E-state index contributed by atoms with van der Waals surface area (Å²) in [5.74, 6) is -0.423. The second kappa shape index (κ2) is 8.28. The van der Waals surface area contributed by atoms with E-state index in [4.69, 9.17) is 16.3 Å². The van der Waals surface area contributed by atoms with Crippen molar-refractivity contribution >= 4 is 17.5 Å². The van der Waals surface area contributed by atoms with Gasteiger partial charge in [0.2, 0.25) is 5.91 Å². The third kappa shape index (κ3) is 4.26. The molecule has 2 fully saturated rings. The Bertz CT molecular complexity index is 558. The van der Waals surface area contributed by atoms with Crippen LogP contribution in [0, 0.1) is 11.7 Å². The van der Waals surface area contributed by atoms with Gasteiger partial charge in [-0.25, -0.2) is 4.39 Å². The molecule has 1 aromatic carbocycles. The van der Waals surface area contributed by atoms with Crippen molar-refractivity contribution in [1.29, 1.82) is 0 Å². The first-order chi connectivity index (χ1) is 11.6. The van der Waals surface area contributed by atoms with E-state index in [-0.39, 0.29) is 24.2 Å². The largest absolute Gasteiger partial charge is 0.381 e. The number of nitrogens with zero attached hydrogens (tertiary/aromatic N) is 1. The zero-order valence-electron chi connectivity index (χ0n) is 13.8. The minimum Gasteiger partial charge on any atom is -0.381 e. The van der Waals surface area contributed by atoms with Crippen molar-refractivity contribution in [2.45, 2.75) is 38.3 Å². The zero-order chi connectivity index (χ0) is 16.9. The maximum absolute atomic E-state index is 13.8. The lowest BCUT2D eigenvalue weighted by Gasteiger charge is -2.39. The lowest BCUT2D eigenvalue weighted by atomic mass is 9.94. The first-order valence-electron chi connectivity index (χ1n) is 8.67. The highest BCUT2D eigenvalue weighted by atomic mass is 35.5. The van der Waals surface area contributed by atoms with E-state index >= 15 is 0 Å². The fourth-order valence-corrected chi connectivity index (χ4v) is 3.85. The predicted molar refractivity (Wildman–Crippen MR) is 91.4 cm³/mol. The number of halogens is 2. The summed E-state index contributed by atoms with van der Waals surface area (Å²) in [5, 5.41) is 3.21. The first kappa shape index (κ1) is 17.6. The summed E-state index contributed by atoms with van der Waals surface area (Å²) >= 11 is 6.01. The van der Waals surface area contributed by atoms with E-state index in [1.807, 2.05) is 0 Å². The molecule has 2 heterocycles. The minimum absolute atomic E-state index is 0.00826. The van der Waals surface area contributed by atoms with Crippen molar-refractivity contribution in [3.63, 3.8) is 0 Å². The van der Waals surface area contributed by atoms with Crippen LogP contribution in [0.1, 0.15) is 31.2 Å². The Morgan fingerprint density at radius 3 is 2.88 bits per heavy atom. The van der Waals surface area contributed by atoms with Crippen LogP contribution in [0.3, 0.4) is 0 Å². The van der Waals surface area contributed by atoms with Crippen LogP contribution in [0.25, 0.3) is 0 Å². The Hall–Kier alpha value is -1.17. The van der Waals surface area contributed by atoms with E-state index in [0.29, 0.717) is 16.6 Å². The van der Waals surface area contributed by atoms with E-state index in [1.165, 1.54) is 6.07 Å². The molecule has 2 aliphatic rings. The maximum Gasteiger partial charge on any atom is 0.224 e. The molecule has 0 spiro atoms. The summed E-state index contributed by atoms with van der Waals surface area (Å²) in [4.78, 5) is 14.9. The molecule has 0 aromatic heterocycles. The summed E-state index contributed by atoms with van der Waals surface area (Å²) < 4.78 is 19.2. The maximum atomic E-state index is 13.8. The number of carbonyl (C=O) groups excluding carboxylic acids is 1. The van der Waals surface area contributed by atoms with E-state index in [0.717, 1.165) is 52.0 Å². The van der Waals surface area contributed by atoms with Gasteiger partial charge in [0, 0.05) is 42.9 Å². The smallest absolute Gasteiger partial charge is 0.224 e. The molecule has 0 aliphatic carbocycles. The van der Waals surface area contributed by atoms with Gasteiger partial charge in [0.15, 0.2) is 0 Å². The second-order valence-corrected chi connectivity index (χ2v) is 7.00. The Morgan fingerprint density at radius 2 is 2.12 bits per heavy atom. The van der Waals surface area contributed by atoms with Crippen LogP contribution in [0.15, 0.2) is 18.2 Å². The third-order valence-electron chi connectivity index (χ3n) is 5.03. The number of benzene rings is 1. The number of carbonyl (C=O) groups is 1. The molecule has 1 amide bonds. The van der Waals surface area contributed by atoms with E-state index < -0.39 is 0 Å². The van der Waals surface area contributed by atoms with E-state index in [2.05, 4.69) is 10.2 Å². The minimum atomic E-state index is -0.379. The number of likely N-dealkylation sites (tertiary alicyclic amines) is 1. The molecule has 0 saturated carbocycles. The van der Waals surface area contributed by atoms with Crippen molar-refractivity contribution in [1.82, 2.24) is 10.2 Å². The SMILES string of the molecule is O=C(NCc1c(F)cccc1Cl)[C@H]1CCCN(C2CCOCC2)C1. The molecular formula is C18H24ClFN2O2. The number of hydrogen-bond acceptors (Lipinski definition) is 3. The molecule has 24 heavy (non-hydrogen) atoms. The topological polar surface area (TPSA) is 41.6 Å². The number of ether oxygens (including phenoxy) is 1. The standard InChI is InChI=1S/C18H24ClFN2O2/c19-16-4-1-5-17(20)15(16)11-21-18(23)13-3-2-8-22(12-13)14-6-9-24-10-7-14/h1,4-5,13-14H,2-3,6-12H2,(H,21,23)/t13-/m0/s1. The van der Waals surface area contributed by atoms with Gasteiger partial charge in [0.05, 0.1) is 5.92 Å². The highest BCUT2D eigenvalue weighted by Crippen LogP contribution is 2.24. The fourth-order valence-electron chi connectivity index (χ4n) is 3.62. The van der Waals surface area contributed by atoms with Gasteiger partial charge in [-0.05, 0) is 44.4 Å². The molecule has 1 atom stereocenters. The van der Waals surface area contributed by atoms with Gasteiger partial charge in [0.25, 0.3) is 0 Å². The van der Waals surface area contributed by atoms with Gasteiger partial charge in [0.1, 0.15) is 5.82 Å².